The van der Waals surface area contributed by atoms with Gasteiger partial charge in [0, 0.05) is 78.1 Å². The van der Waals surface area contributed by atoms with Crippen LogP contribution in [0.2, 0.25) is 5.02 Å². The van der Waals surface area contributed by atoms with Crippen molar-refractivity contribution in [1.29, 1.82) is 0 Å². The average molecular weight is 537 g/mol. The van der Waals surface area contributed by atoms with Crippen LogP contribution >= 0.6 is 22.9 Å². The second-order valence-electron chi connectivity index (χ2n) is 8.92. The first-order valence-electron chi connectivity index (χ1n) is 11.2. The monoisotopic (exact) mass is 536 g/mol. The second kappa shape index (κ2) is 9.17. The Hall–Kier alpha value is -2.51. The quantitative estimate of drug-likeness (QED) is 0.509. The number of hydrogen-bond donors (Lipinski definition) is 2. The zero-order valence-corrected chi connectivity index (χ0v) is 21.4. The van der Waals surface area contributed by atoms with Crippen molar-refractivity contribution in [2.75, 3.05) is 19.6 Å². The number of benzene rings is 1. The molecule has 1 saturated heterocycles. The summed E-state index contributed by atoms with van der Waals surface area (Å²) in [7, 11) is -3.93. The third-order valence-corrected chi connectivity index (χ3v) is 9.44. The van der Waals surface area contributed by atoms with Crippen LogP contribution in [0.1, 0.15) is 33.7 Å². The fourth-order valence-electron chi connectivity index (χ4n) is 4.59. The molecule has 0 saturated carbocycles. The number of piperazine rings is 1. The molecule has 3 aromatic rings. The summed E-state index contributed by atoms with van der Waals surface area (Å²) in [6, 6.07) is 4.73. The molecule has 0 spiro atoms. The molecule has 2 amide bonds. The smallest absolute Gasteiger partial charge is 0.307 e. The molecule has 5 rings (SSSR count). The molecular formula is C22H25ClN6O4S2. The Morgan fingerprint density at radius 2 is 2.03 bits per heavy atom. The molecule has 1 fully saturated rings. The number of hydrogen-bond acceptors (Lipinski definition) is 7. The predicted molar refractivity (Wildman–Crippen MR) is 134 cm³/mol. The zero-order valence-electron chi connectivity index (χ0n) is 19.0. The first kappa shape index (κ1) is 24.2. The van der Waals surface area contributed by atoms with Crippen molar-refractivity contribution in [2.24, 2.45) is 5.73 Å². The van der Waals surface area contributed by atoms with E-state index in [0.29, 0.717) is 22.0 Å². The Balaban J connectivity index is 1.39. The van der Waals surface area contributed by atoms with E-state index in [9.17, 15) is 18.0 Å². The molecule has 2 atom stereocenters. The molecule has 2 aliphatic rings. The molecule has 3 N–H and O–H groups in total. The number of halogens is 1. The van der Waals surface area contributed by atoms with E-state index in [1.54, 1.807) is 18.2 Å². The molecule has 186 valence electrons. The Labute approximate surface area is 211 Å². The van der Waals surface area contributed by atoms with Crippen LogP contribution in [0.25, 0.3) is 10.8 Å². The van der Waals surface area contributed by atoms with E-state index >= 15 is 0 Å². The van der Waals surface area contributed by atoms with Crippen molar-refractivity contribution in [3.8, 4) is 0 Å². The van der Waals surface area contributed by atoms with Crippen molar-refractivity contribution in [2.45, 2.75) is 38.4 Å². The molecule has 2 unspecified atom stereocenters. The number of carbonyl (C=O) groups excluding carboxylic acids is 2. The van der Waals surface area contributed by atoms with Gasteiger partial charge in [0.15, 0.2) is 5.01 Å². The van der Waals surface area contributed by atoms with Gasteiger partial charge in [0.25, 0.3) is 5.91 Å². The van der Waals surface area contributed by atoms with Crippen molar-refractivity contribution >= 4 is 55.7 Å². The molecule has 13 heteroatoms. The molecule has 4 heterocycles. The number of nitrogens with zero attached hydrogens (tertiary/aromatic N) is 4. The normalized spacial score (nSPS) is 21.3. The van der Waals surface area contributed by atoms with Crippen LogP contribution in [0.4, 0.5) is 0 Å². The lowest BCUT2D eigenvalue weighted by Crippen LogP contribution is -2.58. The molecule has 10 nitrogen and oxygen atoms in total. The minimum Gasteiger partial charge on any atom is -0.370 e. The summed E-state index contributed by atoms with van der Waals surface area (Å²) in [5.41, 5.74) is 6.38. The maximum Gasteiger partial charge on any atom is 0.307 e. The average Bonchev–Trinajstić information content (AvgIpc) is 3.42. The second-order valence-corrected chi connectivity index (χ2v) is 12.3. The van der Waals surface area contributed by atoms with Gasteiger partial charge in [-0.2, -0.15) is 12.7 Å². The summed E-state index contributed by atoms with van der Waals surface area (Å²) in [5, 5.41) is 5.65. The maximum atomic E-state index is 13.4. The van der Waals surface area contributed by atoms with E-state index in [2.05, 4.69) is 17.2 Å². The SMILES string of the molecule is CC1Cc2nc(C(=O)N3CCN(S(=O)(=O)n4cc5ccc(Cl)cc5c4)CC3CC(N)=O)sc2CN1. The van der Waals surface area contributed by atoms with Crippen molar-refractivity contribution in [3.63, 3.8) is 0 Å². The molecule has 35 heavy (non-hydrogen) atoms. The lowest BCUT2D eigenvalue weighted by Gasteiger charge is -2.40. The third kappa shape index (κ3) is 4.68. The van der Waals surface area contributed by atoms with E-state index in [4.69, 9.17) is 17.3 Å². The molecule has 1 aromatic carbocycles. The van der Waals surface area contributed by atoms with E-state index in [1.165, 1.54) is 32.9 Å². The van der Waals surface area contributed by atoms with Gasteiger partial charge in [0.05, 0.1) is 11.7 Å². The summed E-state index contributed by atoms with van der Waals surface area (Å²) in [6.07, 6.45) is 3.62. The minimum atomic E-state index is -3.93. The predicted octanol–water partition coefficient (Wildman–Crippen LogP) is 1.58. The molecule has 2 aromatic heterocycles. The Bertz CT molecular complexity index is 1420. The number of fused-ring (bicyclic) bond motifs is 2. The summed E-state index contributed by atoms with van der Waals surface area (Å²) in [4.78, 5) is 32.3. The highest BCUT2D eigenvalue weighted by molar-refractivity contribution is 7.87. The van der Waals surface area contributed by atoms with Crippen LogP contribution < -0.4 is 11.1 Å². The Morgan fingerprint density at radius 3 is 2.80 bits per heavy atom. The lowest BCUT2D eigenvalue weighted by molar-refractivity contribution is -0.119. The third-order valence-electron chi connectivity index (χ3n) is 6.39. The standard InChI is InChI=1S/C22H25ClN6O4S2/c1-13-6-18-19(9-25-13)34-21(26-18)22(31)29-5-4-27(12-17(29)8-20(24)30)35(32,33)28-10-14-2-3-16(23)7-15(14)11-28/h2-3,7,10-11,13,17,25H,4-6,8-9,12H2,1H3,(H2,24,30). The first-order chi connectivity index (χ1) is 16.6. The zero-order chi connectivity index (χ0) is 24.9. The van der Waals surface area contributed by atoms with Crippen molar-refractivity contribution < 1.29 is 18.0 Å². The number of rotatable bonds is 5. The van der Waals surface area contributed by atoms with Gasteiger partial charge in [-0.1, -0.05) is 17.7 Å². The first-order valence-corrected chi connectivity index (χ1v) is 13.8. The van der Waals surface area contributed by atoms with Gasteiger partial charge in [-0.05, 0) is 19.1 Å². The number of amides is 2. The molecule has 0 aliphatic carbocycles. The van der Waals surface area contributed by atoms with Gasteiger partial charge in [-0.25, -0.2) is 8.96 Å². The van der Waals surface area contributed by atoms with E-state index in [-0.39, 0.29) is 38.0 Å². The van der Waals surface area contributed by atoms with Gasteiger partial charge < -0.3 is 16.0 Å². The fraction of sp³-hybridized carbons (Fsp3) is 0.409. The van der Waals surface area contributed by atoms with Gasteiger partial charge >= 0.3 is 10.2 Å². The van der Waals surface area contributed by atoms with Gasteiger partial charge in [-0.15, -0.1) is 11.3 Å². The van der Waals surface area contributed by atoms with Crippen LogP contribution in [0.3, 0.4) is 0 Å². The van der Waals surface area contributed by atoms with Crippen LogP contribution in [-0.4, -0.2) is 70.1 Å². The summed E-state index contributed by atoms with van der Waals surface area (Å²) in [6.45, 7) is 2.89. The highest BCUT2D eigenvalue weighted by Gasteiger charge is 2.38. The fourth-order valence-corrected chi connectivity index (χ4v) is 7.20. The van der Waals surface area contributed by atoms with E-state index < -0.39 is 22.2 Å². The van der Waals surface area contributed by atoms with Gasteiger partial charge in [-0.3, -0.25) is 9.59 Å². The summed E-state index contributed by atoms with van der Waals surface area (Å²) >= 11 is 7.38. The molecule has 0 bridgehead atoms. The number of nitrogens with two attached hydrogens (primary N) is 1. The van der Waals surface area contributed by atoms with E-state index in [0.717, 1.165) is 26.4 Å². The van der Waals surface area contributed by atoms with Crippen molar-refractivity contribution in [1.82, 2.24) is 23.5 Å². The Kier molecular flexibility index (Phi) is 6.34. The number of nitrogens with one attached hydrogen (secondary N) is 1. The number of aromatic nitrogens is 2. The van der Waals surface area contributed by atoms with Gasteiger partial charge in [0.2, 0.25) is 5.91 Å². The maximum absolute atomic E-state index is 13.4. The highest BCUT2D eigenvalue weighted by atomic mass is 35.5. The number of carbonyl (C=O) groups is 2. The number of primary amides is 1. The van der Waals surface area contributed by atoms with Crippen LogP contribution in [0.15, 0.2) is 30.6 Å². The van der Waals surface area contributed by atoms with Crippen LogP contribution in [0.5, 0.6) is 0 Å². The highest BCUT2D eigenvalue weighted by Crippen LogP contribution is 2.28. The minimum absolute atomic E-state index is 0.0457. The molecular weight excluding hydrogens is 512 g/mol. The lowest BCUT2D eigenvalue weighted by atomic mass is 10.1. The van der Waals surface area contributed by atoms with Gasteiger partial charge in [0.1, 0.15) is 0 Å². The van der Waals surface area contributed by atoms with Crippen LogP contribution in [0, 0.1) is 0 Å². The largest absolute Gasteiger partial charge is 0.370 e. The topological polar surface area (TPSA) is 131 Å². The molecule has 2 aliphatic heterocycles. The van der Waals surface area contributed by atoms with Crippen molar-refractivity contribution in [3.05, 3.63) is 51.2 Å². The van der Waals surface area contributed by atoms with E-state index in [1.807, 2.05) is 0 Å². The van der Waals surface area contributed by atoms with Crippen LogP contribution in [-0.2, 0) is 28.0 Å². The summed E-state index contributed by atoms with van der Waals surface area (Å²) < 4.78 is 29.2. The Morgan fingerprint density at radius 1 is 1.26 bits per heavy atom. The molecule has 0 radical (unpaired) electrons. The number of thiazole rings is 1. The summed E-state index contributed by atoms with van der Waals surface area (Å²) in [5.74, 6) is -0.911.